The molecule has 0 saturated heterocycles. The van der Waals surface area contributed by atoms with Crippen molar-refractivity contribution in [2.75, 3.05) is 18.6 Å². The molecule has 1 N–H and O–H groups in total. The summed E-state index contributed by atoms with van der Waals surface area (Å²) in [4.78, 5) is 0. The molecule has 1 aliphatic carbocycles. The van der Waals surface area contributed by atoms with Gasteiger partial charge in [0.2, 0.25) is 0 Å². The summed E-state index contributed by atoms with van der Waals surface area (Å²) in [6.07, 6.45) is 7.46. The fourth-order valence-corrected chi connectivity index (χ4v) is 2.77. The molecule has 0 heterocycles. The number of rotatable bonds is 8. The Morgan fingerprint density at radius 3 is 2.67 bits per heavy atom. The molecule has 1 aromatic carbocycles. The molecule has 100 valence electrons. The lowest BCUT2D eigenvalue weighted by atomic mass is 9.94. The lowest BCUT2D eigenvalue weighted by Gasteiger charge is -2.18. The van der Waals surface area contributed by atoms with E-state index in [-0.39, 0.29) is 0 Å². The highest BCUT2D eigenvalue weighted by Crippen LogP contribution is 2.25. The first kappa shape index (κ1) is 14.2. The second-order valence-corrected chi connectivity index (χ2v) is 6.49. The van der Waals surface area contributed by atoms with E-state index in [0.29, 0.717) is 5.92 Å². The second kappa shape index (κ2) is 7.42. The van der Waals surface area contributed by atoms with Crippen LogP contribution in [-0.4, -0.2) is 24.6 Å². The van der Waals surface area contributed by atoms with E-state index in [0.717, 1.165) is 17.6 Å². The van der Waals surface area contributed by atoms with Gasteiger partial charge in [-0.3, -0.25) is 0 Å². The topological polar surface area (TPSA) is 12.0 Å². The zero-order chi connectivity index (χ0) is 12.8. The molecule has 0 amide bonds. The van der Waals surface area contributed by atoms with Gasteiger partial charge in [-0.25, -0.2) is 0 Å². The summed E-state index contributed by atoms with van der Waals surface area (Å²) >= 11 is 7.90. The zero-order valence-electron chi connectivity index (χ0n) is 11.0. The lowest BCUT2D eigenvalue weighted by molar-refractivity contribution is 0.544. The number of hydrogen-bond acceptors (Lipinski definition) is 2. The lowest BCUT2D eigenvalue weighted by Crippen LogP contribution is -2.23. The molecule has 0 aliphatic heterocycles. The van der Waals surface area contributed by atoms with Gasteiger partial charge in [0.05, 0.1) is 0 Å². The highest BCUT2D eigenvalue weighted by Gasteiger charge is 2.22. The minimum Gasteiger partial charge on any atom is -0.313 e. The van der Waals surface area contributed by atoms with E-state index >= 15 is 0 Å². The zero-order valence-corrected chi connectivity index (χ0v) is 12.6. The van der Waals surface area contributed by atoms with Gasteiger partial charge in [-0.1, -0.05) is 23.7 Å². The molecule has 1 aromatic rings. The molecule has 1 aliphatic rings. The van der Waals surface area contributed by atoms with Crippen molar-refractivity contribution in [3.05, 3.63) is 34.9 Å². The first-order valence-electron chi connectivity index (χ1n) is 6.77. The second-order valence-electron chi connectivity index (χ2n) is 5.07. The van der Waals surface area contributed by atoms with Gasteiger partial charge < -0.3 is 5.32 Å². The third kappa shape index (κ3) is 4.83. The summed E-state index contributed by atoms with van der Waals surface area (Å²) in [5.74, 6) is 1.89. The van der Waals surface area contributed by atoms with Crippen molar-refractivity contribution in [2.45, 2.75) is 37.6 Å². The molecule has 1 fully saturated rings. The molecule has 0 bridgehead atoms. The quantitative estimate of drug-likeness (QED) is 0.713. The van der Waals surface area contributed by atoms with Crippen molar-refractivity contribution in [1.82, 2.24) is 5.32 Å². The molecule has 0 radical (unpaired) electrons. The van der Waals surface area contributed by atoms with Crippen molar-refractivity contribution in [2.24, 2.45) is 0 Å². The van der Waals surface area contributed by atoms with Crippen molar-refractivity contribution >= 4 is 23.4 Å². The van der Waals surface area contributed by atoms with E-state index in [1.54, 1.807) is 0 Å². The summed E-state index contributed by atoms with van der Waals surface area (Å²) in [7, 11) is 0. The Balaban J connectivity index is 1.90. The van der Waals surface area contributed by atoms with Crippen LogP contribution >= 0.6 is 23.4 Å². The van der Waals surface area contributed by atoms with Crippen LogP contribution in [0.15, 0.2) is 24.3 Å². The van der Waals surface area contributed by atoms with Crippen LogP contribution in [0, 0.1) is 0 Å². The van der Waals surface area contributed by atoms with Gasteiger partial charge in [0, 0.05) is 17.6 Å². The molecular weight excluding hydrogens is 262 g/mol. The van der Waals surface area contributed by atoms with E-state index < -0.39 is 0 Å². The number of nitrogens with one attached hydrogen (secondary N) is 1. The molecule has 1 nitrogen and oxygen atoms in total. The summed E-state index contributed by atoms with van der Waals surface area (Å²) < 4.78 is 0. The number of hydrogen-bond donors (Lipinski definition) is 1. The molecule has 0 spiro atoms. The first-order chi connectivity index (χ1) is 8.79. The standard InChI is InChI=1S/C15H22ClNS/c1-18-10-2-3-13(11-17-15-8-9-15)12-4-6-14(16)7-5-12/h4-7,13,15,17H,2-3,8-11H2,1H3. The number of benzene rings is 1. The average Bonchev–Trinajstić information content (AvgIpc) is 3.19. The maximum absolute atomic E-state index is 5.96. The van der Waals surface area contributed by atoms with Crippen LogP contribution in [-0.2, 0) is 0 Å². The largest absolute Gasteiger partial charge is 0.313 e. The summed E-state index contributed by atoms with van der Waals surface area (Å²) in [6, 6.07) is 9.17. The van der Waals surface area contributed by atoms with Gasteiger partial charge in [-0.05, 0) is 61.3 Å². The van der Waals surface area contributed by atoms with Gasteiger partial charge in [0.15, 0.2) is 0 Å². The molecule has 0 aromatic heterocycles. The number of halogens is 1. The normalized spacial score (nSPS) is 16.8. The van der Waals surface area contributed by atoms with Crippen LogP contribution in [0.5, 0.6) is 0 Å². The van der Waals surface area contributed by atoms with Gasteiger partial charge in [0.1, 0.15) is 0 Å². The minimum absolute atomic E-state index is 0.634. The number of thioether (sulfide) groups is 1. The monoisotopic (exact) mass is 283 g/mol. The van der Waals surface area contributed by atoms with E-state index in [1.807, 2.05) is 23.9 Å². The van der Waals surface area contributed by atoms with E-state index in [1.165, 1.54) is 37.0 Å². The van der Waals surface area contributed by atoms with Crippen molar-refractivity contribution < 1.29 is 0 Å². The van der Waals surface area contributed by atoms with Crippen LogP contribution in [0.3, 0.4) is 0 Å². The van der Waals surface area contributed by atoms with Gasteiger partial charge in [0.25, 0.3) is 0 Å². The van der Waals surface area contributed by atoms with E-state index in [9.17, 15) is 0 Å². The Labute approximate surface area is 120 Å². The summed E-state index contributed by atoms with van der Waals surface area (Å²) in [5.41, 5.74) is 1.42. The molecule has 2 rings (SSSR count). The van der Waals surface area contributed by atoms with Crippen LogP contribution in [0.25, 0.3) is 0 Å². The Kier molecular flexibility index (Phi) is 5.87. The van der Waals surface area contributed by atoms with E-state index in [4.69, 9.17) is 11.6 Å². The molecule has 1 unspecified atom stereocenters. The molecule has 3 heteroatoms. The first-order valence-corrected chi connectivity index (χ1v) is 8.54. The van der Waals surface area contributed by atoms with Crippen LogP contribution in [0.1, 0.15) is 37.2 Å². The van der Waals surface area contributed by atoms with Crippen molar-refractivity contribution in [3.8, 4) is 0 Å². The summed E-state index contributed by atoms with van der Waals surface area (Å²) in [5, 5.41) is 4.49. The van der Waals surface area contributed by atoms with Crippen LogP contribution in [0.2, 0.25) is 5.02 Å². The average molecular weight is 284 g/mol. The molecule has 1 atom stereocenters. The SMILES string of the molecule is CSCCCC(CNC1CC1)c1ccc(Cl)cc1. The highest BCUT2D eigenvalue weighted by atomic mass is 35.5. The predicted molar refractivity (Wildman–Crippen MR) is 82.8 cm³/mol. The van der Waals surface area contributed by atoms with Crippen LogP contribution in [0.4, 0.5) is 0 Å². The molecule has 18 heavy (non-hydrogen) atoms. The Bertz CT molecular complexity index is 348. The van der Waals surface area contributed by atoms with Crippen molar-refractivity contribution in [3.63, 3.8) is 0 Å². The highest BCUT2D eigenvalue weighted by molar-refractivity contribution is 7.98. The third-order valence-corrected chi connectivity index (χ3v) is 4.42. The Morgan fingerprint density at radius 1 is 1.33 bits per heavy atom. The van der Waals surface area contributed by atoms with E-state index in [2.05, 4.69) is 23.7 Å². The smallest absolute Gasteiger partial charge is 0.0406 e. The Hall–Kier alpha value is -0.180. The van der Waals surface area contributed by atoms with Crippen LogP contribution < -0.4 is 5.32 Å². The predicted octanol–water partition coefficient (Wildman–Crippen LogP) is 4.32. The van der Waals surface area contributed by atoms with Gasteiger partial charge in [-0.15, -0.1) is 0 Å². The summed E-state index contributed by atoms with van der Waals surface area (Å²) in [6.45, 7) is 1.11. The minimum atomic E-state index is 0.634. The van der Waals surface area contributed by atoms with Gasteiger partial charge in [-0.2, -0.15) is 11.8 Å². The fraction of sp³-hybridized carbons (Fsp3) is 0.600. The van der Waals surface area contributed by atoms with Crippen molar-refractivity contribution in [1.29, 1.82) is 0 Å². The Morgan fingerprint density at radius 2 is 2.06 bits per heavy atom. The third-order valence-electron chi connectivity index (χ3n) is 3.47. The fourth-order valence-electron chi connectivity index (χ4n) is 2.19. The maximum atomic E-state index is 5.96. The molecular formula is C15H22ClNS. The maximum Gasteiger partial charge on any atom is 0.0406 e. The van der Waals surface area contributed by atoms with Gasteiger partial charge >= 0.3 is 0 Å². The molecule has 1 saturated carbocycles.